The maximum Gasteiger partial charge on any atom is 0.303 e. The topological polar surface area (TPSA) is 89.9 Å². The van der Waals surface area contributed by atoms with Gasteiger partial charge in [0, 0.05) is 24.5 Å². The predicted octanol–water partition coefficient (Wildman–Crippen LogP) is 0.742. The quantitative estimate of drug-likeness (QED) is 0.690. The van der Waals surface area contributed by atoms with Crippen LogP contribution in [0.25, 0.3) is 0 Å². The molecule has 1 amide bonds. The Bertz CT molecular complexity index is 320. The number of rotatable bonds is 4. The molecule has 6 heteroatoms. The van der Waals surface area contributed by atoms with Gasteiger partial charge in [-0.1, -0.05) is 6.42 Å². The molecule has 102 valence electrons. The van der Waals surface area contributed by atoms with Gasteiger partial charge in [0.1, 0.15) is 0 Å². The third-order valence-electron chi connectivity index (χ3n) is 3.87. The van der Waals surface area contributed by atoms with E-state index in [1.54, 1.807) is 0 Å². The molecule has 2 aliphatic heterocycles. The number of hydrogen-bond acceptors (Lipinski definition) is 4. The van der Waals surface area contributed by atoms with E-state index < -0.39 is 5.97 Å². The summed E-state index contributed by atoms with van der Waals surface area (Å²) in [6, 6.07) is 0.356. The number of carboxylic acid groups (broad SMARTS) is 1. The first-order valence-electron chi connectivity index (χ1n) is 6.54. The minimum absolute atomic E-state index is 0.0318. The molecule has 0 aromatic heterocycles. The first-order valence-corrected chi connectivity index (χ1v) is 6.54. The summed E-state index contributed by atoms with van der Waals surface area (Å²) in [7, 11) is 0. The van der Waals surface area contributed by atoms with E-state index in [0.29, 0.717) is 0 Å². The molecule has 18 heavy (non-hydrogen) atoms. The molecule has 2 heterocycles. The SMILES string of the molecule is O=C(O)CCC(=O)NC1CC2CCCC(C1)N2O. The molecule has 2 bridgehead atoms. The second-order valence-corrected chi connectivity index (χ2v) is 5.25. The maximum atomic E-state index is 11.6. The Labute approximate surface area is 106 Å². The van der Waals surface area contributed by atoms with Crippen LogP contribution in [-0.2, 0) is 9.59 Å². The number of carbonyl (C=O) groups is 2. The summed E-state index contributed by atoms with van der Waals surface area (Å²) in [6.07, 6.45) is 4.48. The lowest BCUT2D eigenvalue weighted by Crippen LogP contribution is -2.55. The van der Waals surface area contributed by atoms with Crippen LogP contribution in [0.3, 0.4) is 0 Å². The molecule has 0 aromatic carbocycles. The number of aliphatic carboxylic acids is 1. The standard InChI is InChI=1S/C12H20N2O4/c15-11(4-5-12(16)17)13-8-6-9-2-1-3-10(7-8)14(9)18/h8-10,18H,1-7H2,(H,13,15)(H,16,17). The Morgan fingerprint density at radius 1 is 1.17 bits per heavy atom. The number of nitrogens with zero attached hydrogens (tertiary/aromatic N) is 1. The van der Waals surface area contributed by atoms with Gasteiger partial charge < -0.3 is 15.6 Å². The van der Waals surface area contributed by atoms with Gasteiger partial charge in [0.15, 0.2) is 0 Å². The fraction of sp³-hybridized carbons (Fsp3) is 0.833. The number of nitrogens with one attached hydrogen (secondary N) is 1. The minimum atomic E-state index is -0.952. The van der Waals surface area contributed by atoms with Gasteiger partial charge in [0.05, 0.1) is 6.42 Å². The van der Waals surface area contributed by atoms with Crippen LogP contribution in [0.2, 0.25) is 0 Å². The predicted molar refractivity (Wildman–Crippen MR) is 63.1 cm³/mol. The van der Waals surface area contributed by atoms with Crippen LogP contribution >= 0.6 is 0 Å². The summed E-state index contributed by atoms with van der Waals surface area (Å²) in [5, 5.41) is 22.7. The van der Waals surface area contributed by atoms with E-state index in [2.05, 4.69) is 5.32 Å². The molecule has 0 aromatic rings. The molecule has 6 nitrogen and oxygen atoms in total. The number of hydrogen-bond donors (Lipinski definition) is 3. The van der Waals surface area contributed by atoms with Crippen LogP contribution in [0.5, 0.6) is 0 Å². The third kappa shape index (κ3) is 3.20. The molecule has 2 rings (SSSR count). The Kier molecular flexibility index (Phi) is 4.19. The molecule has 2 unspecified atom stereocenters. The van der Waals surface area contributed by atoms with E-state index in [1.165, 1.54) is 5.06 Å². The molecule has 2 fully saturated rings. The smallest absolute Gasteiger partial charge is 0.303 e. The van der Waals surface area contributed by atoms with E-state index in [-0.39, 0.29) is 36.9 Å². The zero-order valence-corrected chi connectivity index (χ0v) is 10.3. The van der Waals surface area contributed by atoms with Crippen LogP contribution in [0.1, 0.15) is 44.9 Å². The van der Waals surface area contributed by atoms with Crippen LogP contribution in [0.4, 0.5) is 0 Å². The Balaban J connectivity index is 1.80. The summed E-state index contributed by atoms with van der Waals surface area (Å²) in [5.41, 5.74) is 0. The zero-order chi connectivity index (χ0) is 13.1. The van der Waals surface area contributed by atoms with Crippen molar-refractivity contribution in [3.63, 3.8) is 0 Å². The molecule has 3 N–H and O–H groups in total. The lowest BCUT2D eigenvalue weighted by Gasteiger charge is -2.45. The Hall–Kier alpha value is -1.14. The second-order valence-electron chi connectivity index (χ2n) is 5.25. The van der Waals surface area contributed by atoms with Gasteiger partial charge in [-0.25, -0.2) is 0 Å². The maximum absolute atomic E-state index is 11.6. The van der Waals surface area contributed by atoms with E-state index in [1.807, 2.05) is 0 Å². The highest BCUT2D eigenvalue weighted by Gasteiger charge is 2.37. The van der Waals surface area contributed by atoms with Crippen molar-refractivity contribution in [2.24, 2.45) is 0 Å². The van der Waals surface area contributed by atoms with E-state index in [4.69, 9.17) is 5.11 Å². The molecule has 0 radical (unpaired) electrons. The summed E-state index contributed by atoms with van der Waals surface area (Å²) < 4.78 is 0. The van der Waals surface area contributed by atoms with Gasteiger partial charge in [0.2, 0.25) is 5.91 Å². The van der Waals surface area contributed by atoms with Crippen molar-refractivity contribution in [2.45, 2.75) is 63.1 Å². The molecule has 0 spiro atoms. The zero-order valence-electron chi connectivity index (χ0n) is 10.3. The van der Waals surface area contributed by atoms with Crippen molar-refractivity contribution in [2.75, 3.05) is 0 Å². The molecule has 0 saturated carbocycles. The summed E-state index contributed by atoms with van der Waals surface area (Å²) in [6.45, 7) is 0. The summed E-state index contributed by atoms with van der Waals surface area (Å²) in [5.74, 6) is -1.15. The van der Waals surface area contributed by atoms with Crippen LogP contribution in [0, 0.1) is 0 Å². The summed E-state index contributed by atoms with van der Waals surface area (Å²) in [4.78, 5) is 21.9. The van der Waals surface area contributed by atoms with Crippen LogP contribution in [-0.4, -0.2) is 45.4 Å². The second kappa shape index (κ2) is 5.67. The normalized spacial score (nSPS) is 31.9. The minimum Gasteiger partial charge on any atom is -0.481 e. The van der Waals surface area contributed by atoms with Gasteiger partial charge >= 0.3 is 5.97 Å². The third-order valence-corrected chi connectivity index (χ3v) is 3.87. The van der Waals surface area contributed by atoms with E-state index in [9.17, 15) is 14.8 Å². The average Bonchev–Trinajstić information content (AvgIpc) is 2.28. The molecule has 2 atom stereocenters. The van der Waals surface area contributed by atoms with E-state index in [0.717, 1.165) is 32.1 Å². The fourth-order valence-corrected chi connectivity index (χ4v) is 2.99. The highest BCUT2D eigenvalue weighted by atomic mass is 16.5. The van der Waals surface area contributed by atoms with Crippen molar-refractivity contribution in [1.29, 1.82) is 0 Å². The number of amides is 1. The van der Waals surface area contributed by atoms with Crippen LogP contribution < -0.4 is 5.32 Å². The molecule has 2 saturated heterocycles. The first-order chi connectivity index (χ1) is 8.56. The van der Waals surface area contributed by atoms with Gasteiger partial charge in [-0.3, -0.25) is 9.59 Å². The largest absolute Gasteiger partial charge is 0.481 e. The first kappa shape index (κ1) is 13.3. The van der Waals surface area contributed by atoms with Crippen molar-refractivity contribution in [3.8, 4) is 0 Å². The lowest BCUT2D eigenvalue weighted by atomic mass is 9.83. The van der Waals surface area contributed by atoms with Gasteiger partial charge in [0.25, 0.3) is 0 Å². The molecule has 0 aliphatic carbocycles. The average molecular weight is 256 g/mol. The highest BCUT2D eigenvalue weighted by Crippen LogP contribution is 2.32. The molecule has 2 aliphatic rings. The lowest BCUT2D eigenvalue weighted by molar-refractivity contribution is -0.198. The van der Waals surface area contributed by atoms with Crippen molar-refractivity contribution < 1.29 is 19.9 Å². The Morgan fingerprint density at radius 2 is 1.78 bits per heavy atom. The van der Waals surface area contributed by atoms with Crippen LogP contribution in [0.15, 0.2) is 0 Å². The number of hydroxylamine groups is 2. The van der Waals surface area contributed by atoms with Gasteiger partial charge in [-0.15, -0.1) is 0 Å². The summed E-state index contributed by atoms with van der Waals surface area (Å²) >= 11 is 0. The Morgan fingerprint density at radius 3 is 2.33 bits per heavy atom. The van der Waals surface area contributed by atoms with Gasteiger partial charge in [-0.05, 0) is 25.7 Å². The fourth-order valence-electron chi connectivity index (χ4n) is 2.99. The van der Waals surface area contributed by atoms with Crippen molar-refractivity contribution in [3.05, 3.63) is 0 Å². The van der Waals surface area contributed by atoms with Crippen molar-refractivity contribution >= 4 is 11.9 Å². The highest BCUT2D eigenvalue weighted by molar-refractivity contribution is 5.80. The number of carbonyl (C=O) groups excluding carboxylic acids is 1. The van der Waals surface area contributed by atoms with E-state index >= 15 is 0 Å². The monoisotopic (exact) mass is 256 g/mol. The van der Waals surface area contributed by atoms with Gasteiger partial charge in [-0.2, -0.15) is 5.06 Å². The number of carboxylic acids is 1. The van der Waals surface area contributed by atoms with Crippen molar-refractivity contribution in [1.82, 2.24) is 10.4 Å². The number of fused-ring (bicyclic) bond motifs is 2. The molecular weight excluding hydrogens is 236 g/mol. The molecular formula is C12H20N2O4. The number of piperidine rings is 2.